The van der Waals surface area contributed by atoms with Crippen molar-refractivity contribution in [3.05, 3.63) is 41.4 Å². The molecule has 0 bridgehead atoms. The first-order valence-electron chi connectivity index (χ1n) is 12.5. The summed E-state index contributed by atoms with van der Waals surface area (Å²) in [6.45, 7) is -1.49. The van der Waals surface area contributed by atoms with Gasteiger partial charge in [-0.25, -0.2) is 19.3 Å². The Balaban J connectivity index is 1.33. The summed E-state index contributed by atoms with van der Waals surface area (Å²) in [7, 11) is 0. The molecule has 11 nitrogen and oxygen atoms in total. The van der Waals surface area contributed by atoms with Crippen LogP contribution in [0.3, 0.4) is 0 Å². The molecule has 0 saturated heterocycles. The van der Waals surface area contributed by atoms with Crippen molar-refractivity contribution in [1.29, 1.82) is 0 Å². The molecule has 208 valence electrons. The van der Waals surface area contributed by atoms with Crippen molar-refractivity contribution < 1.29 is 27.9 Å². The molecule has 3 aromatic rings. The number of imidazole rings is 1. The van der Waals surface area contributed by atoms with E-state index in [1.807, 2.05) is 0 Å². The van der Waals surface area contributed by atoms with Gasteiger partial charge < -0.3 is 21.1 Å². The molecule has 2 saturated carbocycles. The summed E-state index contributed by atoms with van der Waals surface area (Å²) >= 11 is 5.92. The van der Waals surface area contributed by atoms with Crippen molar-refractivity contribution in [2.45, 2.75) is 62.8 Å². The second kappa shape index (κ2) is 10.8. The Morgan fingerprint density at radius 1 is 1.08 bits per heavy atom. The first kappa shape index (κ1) is 26.8. The van der Waals surface area contributed by atoms with Crippen LogP contribution in [0.1, 0.15) is 49.0 Å². The molecule has 3 aromatic heterocycles. The number of halogens is 4. The van der Waals surface area contributed by atoms with E-state index in [0.717, 1.165) is 12.8 Å². The highest BCUT2D eigenvalue weighted by molar-refractivity contribution is 6.29. The highest BCUT2D eigenvalue weighted by Gasteiger charge is 2.38. The van der Waals surface area contributed by atoms with Gasteiger partial charge in [-0.05, 0) is 50.7 Å². The molecule has 2 fully saturated rings. The summed E-state index contributed by atoms with van der Waals surface area (Å²) in [6, 6.07) is 4.35. The predicted octanol–water partition coefficient (Wildman–Crippen LogP) is 4.87. The Morgan fingerprint density at radius 2 is 1.77 bits per heavy atom. The van der Waals surface area contributed by atoms with Gasteiger partial charge in [-0.3, -0.25) is 9.69 Å². The molecule has 5 rings (SSSR count). The van der Waals surface area contributed by atoms with E-state index in [0.29, 0.717) is 46.6 Å². The monoisotopic (exact) mass is 566 g/mol. The lowest BCUT2D eigenvalue weighted by atomic mass is 9.90. The fraction of sp³-hybridized carbons (Fsp3) is 0.458. The molecule has 39 heavy (non-hydrogen) atoms. The molecule has 0 atom stereocenters. The number of rotatable bonds is 8. The standard InChI is InChI=1S/C24H26ClF3N8O3/c25-19-9-15(7-8-29-19)33-22(37)18-11-30-21-17(31-13-1-2-13)10-20(34-36(18)21)32-14-3-5-16(6-4-14)35(23(38)39)12-24(26,27)28/h7-11,13-14,16,31H,1-6,12H2,(H,32,34)(H,38,39)(H,29,33,37)/t14-,16-. The van der Waals surface area contributed by atoms with E-state index in [9.17, 15) is 27.9 Å². The number of hydrogen-bond donors (Lipinski definition) is 4. The van der Waals surface area contributed by atoms with Crippen molar-refractivity contribution >= 4 is 46.4 Å². The minimum atomic E-state index is -4.60. The maximum atomic E-state index is 13.1. The largest absolute Gasteiger partial charge is 0.465 e. The normalized spacial score (nSPS) is 19.5. The zero-order valence-corrected chi connectivity index (χ0v) is 21.3. The smallest absolute Gasteiger partial charge is 0.407 e. The molecule has 15 heteroatoms. The molecule has 4 N–H and O–H groups in total. The maximum Gasteiger partial charge on any atom is 0.407 e. The van der Waals surface area contributed by atoms with Gasteiger partial charge in [-0.2, -0.15) is 13.2 Å². The number of alkyl halides is 3. The SMILES string of the molecule is O=C(Nc1ccnc(Cl)c1)c1cnc2c(NC3CC3)cc(N[C@H]3CC[C@H](N(CC(F)(F)F)C(=O)O)CC3)nn12. The average Bonchev–Trinajstić information content (AvgIpc) is 3.57. The lowest BCUT2D eigenvalue weighted by Crippen LogP contribution is -2.47. The van der Waals surface area contributed by atoms with E-state index in [-0.39, 0.29) is 29.7 Å². The Hall–Kier alpha value is -3.81. The third kappa shape index (κ3) is 6.61. The minimum Gasteiger partial charge on any atom is -0.465 e. The Morgan fingerprint density at radius 3 is 2.41 bits per heavy atom. The quantitative estimate of drug-likeness (QED) is 0.283. The van der Waals surface area contributed by atoms with E-state index >= 15 is 0 Å². The lowest BCUT2D eigenvalue weighted by Gasteiger charge is -2.36. The highest BCUT2D eigenvalue weighted by Crippen LogP contribution is 2.31. The van der Waals surface area contributed by atoms with Crippen molar-refractivity contribution in [3.8, 4) is 0 Å². The fourth-order valence-corrected chi connectivity index (χ4v) is 4.88. The number of fused-ring (bicyclic) bond motifs is 1. The van der Waals surface area contributed by atoms with E-state index in [4.69, 9.17) is 11.6 Å². The number of carbonyl (C=O) groups is 2. The molecule has 0 aromatic carbocycles. The van der Waals surface area contributed by atoms with Crippen LogP contribution in [0.25, 0.3) is 5.65 Å². The van der Waals surface area contributed by atoms with Gasteiger partial charge in [0.15, 0.2) is 11.3 Å². The van der Waals surface area contributed by atoms with Crippen molar-refractivity contribution in [3.63, 3.8) is 0 Å². The maximum absolute atomic E-state index is 13.1. The van der Waals surface area contributed by atoms with Gasteiger partial charge >= 0.3 is 12.3 Å². The highest BCUT2D eigenvalue weighted by atomic mass is 35.5. The van der Waals surface area contributed by atoms with E-state index < -0.39 is 30.8 Å². The second-order valence-corrected chi connectivity index (χ2v) is 10.1. The van der Waals surface area contributed by atoms with Gasteiger partial charge in [0.05, 0.1) is 11.9 Å². The molecular weight excluding hydrogens is 541 g/mol. The number of hydrogen-bond acceptors (Lipinski definition) is 7. The third-order valence-electron chi connectivity index (χ3n) is 6.71. The number of carbonyl (C=O) groups excluding carboxylic acids is 1. The van der Waals surface area contributed by atoms with Gasteiger partial charge in [0.2, 0.25) is 0 Å². The number of amides is 2. The van der Waals surface area contributed by atoms with Gasteiger partial charge in [-0.1, -0.05) is 11.6 Å². The summed E-state index contributed by atoms with van der Waals surface area (Å²) in [5.74, 6) is 0.00390. The first-order chi connectivity index (χ1) is 18.6. The van der Waals surface area contributed by atoms with Crippen LogP contribution in [0.4, 0.5) is 35.2 Å². The van der Waals surface area contributed by atoms with Gasteiger partial charge in [-0.15, -0.1) is 5.10 Å². The number of carboxylic acid groups (broad SMARTS) is 1. The molecule has 0 aliphatic heterocycles. The van der Waals surface area contributed by atoms with Gasteiger partial charge in [0.25, 0.3) is 5.91 Å². The minimum absolute atomic E-state index is 0.138. The van der Waals surface area contributed by atoms with Crippen LogP contribution >= 0.6 is 11.6 Å². The van der Waals surface area contributed by atoms with E-state index in [1.54, 1.807) is 12.1 Å². The Kier molecular flexibility index (Phi) is 7.38. The third-order valence-corrected chi connectivity index (χ3v) is 6.91. The number of anilines is 3. The molecule has 2 aliphatic carbocycles. The topological polar surface area (TPSA) is 137 Å². The number of nitrogens with one attached hydrogen (secondary N) is 3. The fourth-order valence-electron chi connectivity index (χ4n) is 4.71. The summed E-state index contributed by atoms with van der Waals surface area (Å²) in [6.07, 6.45) is 0.210. The Bertz CT molecular complexity index is 1370. The molecule has 0 unspecified atom stereocenters. The summed E-state index contributed by atoms with van der Waals surface area (Å²) in [5, 5.41) is 23.6. The van der Waals surface area contributed by atoms with E-state index in [2.05, 4.69) is 31.0 Å². The zero-order valence-electron chi connectivity index (χ0n) is 20.6. The zero-order chi connectivity index (χ0) is 27.7. The first-order valence-corrected chi connectivity index (χ1v) is 12.8. The molecule has 0 spiro atoms. The summed E-state index contributed by atoms with van der Waals surface area (Å²) in [4.78, 5) is 33.3. The van der Waals surface area contributed by atoms with Crippen molar-refractivity contribution in [2.24, 2.45) is 0 Å². The van der Waals surface area contributed by atoms with Crippen LogP contribution in [0.15, 0.2) is 30.6 Å². The van der Waals surface area contributed by atoms with Crippen LogP contribution < -0.4 is 16.0 Å². The second-order valence-electron chi connectivity index (χ2n) is 9.74. The number of aromatic nitrogens is 4. The Labute approximate surface area is 225 Å². The van der Waals surface area contributed by atoms with Gasteiger partial charge in [0.1, 0.15) is 17.5 Å². The van der Waals surface area contributed by atoms with Crippen LogP contribution in [-0.2, 0) is 0 Å². The number of pyridine rings is 1. The van der Waals surface area contributed by atoms with Crippen molar-refractivity contribution in [2.75, 3.05) is 22.5 Å². The lowest BCUT2D eigenvalue weighted by molar-refractivity contribution is -0.147. The van der Waals surface area contributed by atoms with Gasteiger partial charge in [0, 0.05) is 36.1 Å². The van der Waals surface area contributed by atoms with Crippen molar-refractivity contribution in [1.82, 2.24) is 24.5 Å². The van der Waals surface area contributed by atoms with Crippen LogP contribution in [-0.4, -0.2) is 72.4 Å². The molecular formula is C24H26ClF3N8O3. The molecule has 0 radical (unpaired) electrons. The van der Waals surface area contributed by atoms with E-state index in [1.165, 1.54) is 23.0 Å². The molecule has 2 amide bonds. The van der Waals surface area contributed by atoms with Crippen LogP contribution in [0, 0.1) is 0 Å². The molecule has 2 aliphatic rings. The summed E-state index contributed by atoms with van der Waals surface area (Å²) in [5.41, 5.74) is 1.81. The molecule has 3 heterocycles. The van der Waals surface area contributed by atoms with Crippen LogP contribution in [0.2, 0.25) is 5.15 Å². The number of nitrogens with zero attached hydrogens (tertiary/aromatic N) is 5. The summed E-state index contributed by atoms with van der Waals surface area (Å²) < 4.78 is 40.1. The van der Waals surface area contributed by atoms with Crippen LogP contribution in [0.5, 0.6) is 0 Å². The average molecular weight is 567 g/mol. The predicted molar refractivity (Wildman–Crippen MR) is 137 cm³/mol.